The fourth-order valence-corrected chi connectivity index (χ4v) is 1.43. The predicted molar refractivity (Wildman–Crippen MR) is 56.9 cm³/mol. The molecule has 0 saturated carbocycles. The first-order valence-electron chi connectivity index (χ1n) is 4.38. The van der Waals surface area contributed by atoms with E-state index in [1.807, 2.05) is 25.1 Å². The van der Waals surface area contributed by atoms with Gasteiger partial charge in [-0.3, -0.25) is 0 Å². The van der Waals surface area contributed by atoms with Crippen LogP contribution < -0.4 is 4.74 Å². The molecule has 1 heterocycles. The monoisotopic (exact) mass is 210 g/mol. The summed E-state index contributed by atoms with van der Waals surface area (Å²) in [5.41, 5.74) is 1.86. The maximum atomic E-state index is 5.92. The number of imidazole rings is 1. The van der Waals surface area contributed by atoms with Crippen LogP contribution in [0, 0.1) is 0 Å². The maximum Gasteiger partial charge on any atom is 0.125 e. The van der Waals surface area contributed by atoms with E-state index in [9.17, 15) is 0 Å². The Bertz CT molecular complexity index is 450. The number of hydrogen-bond acceptors (Lipinski definition) is 2. The average Bonchev–Trinajstić information content (AvgIpc) is 2.59. The highest BCUT2D eigenvalue weighted by molar-refractivity contribution is 6.20. The summed E-state index contributed by atoms with van der Waals surface area (Å²) < 4.78 is 5.11. The molecule has 1 unspecified atom stereocenters. The number of fused-ring (bicyclic) bond motifs is 1. The summed E-state index contributed by atoms with van der Waals surface area (Å²) in [6.07, 6.45) is 0. The van der Waals surface area contributed by atoms with Crippen LogP contribution in [0.15, 0.2) is 18.2 Å². The minimum atomic E-state index is -0.103. The van der Waals surface area contributed by atoms with Gasteiger partial charge < -0.3 is 9.72 Å². The molecule has 0 aliphatic carbocycles. The molecule has 14 heavy (non-hydrogen) atoms. The Morgan fingerprint density at radius 2 is 2.29 bits per heavy atom. The first-order valence-corrected chi connectivity index (χ1v) is 4.82. The van der Waals surface area contributed by atoms with Gasteiger partial charge in [0.2, 0.25) is 0 Å². The van der Waals surface area contributed by atoms with E-state index in [0.29, 0.717) is 0 Å². The molecular formula is C10H11ClN2O. The molecule has 0 spiro atoms. The molecule has 1 aromatic carbocycles. The summed E-state index contributed by atoms with van der Waals surface area (Å²) in [5.74, 6) is 1.60. The van der Waals surface area contributed by atoms with Gasteiger partial charge in [-0.25, -0.2) is 4.98 Å². The Morgan fingerprint density at radius 1 is 1.50 bits per heavy atom. The summed E-state index contributed by atoms with van der Waals surface area (Å²) in [6, 6.07) is 5.70. The van der Waals surface area contributed by atoms with E-state index in [1.165, 1.54) is 0 Å². The van der Waals surface area contributed by atoms with Crippen LogP contribution in [0.1, 0.15) is 18.1 Å². The van der Waals surface area contributed by atoms with Gasteiger partial charge in [0.1, 0.15) is 11.6 Å². The quantitative estimate of drug-likeness (QED) is 0.774. The van der Waals surface area contributed by atoms with Gasteiger partial charge in [-0.1, -0.05) is 0 Å². The van der Waals surface area contributed by atoms with Crippen LogP contribution >= 0.6 is 11.6 Å². The molecular weight excluding hydrogens is 200 g/mol. The lowest BCUT2D eigenvalue weighted by Gasteiger charge is -1.96. The van der Waals surface area contributed by atoms with Crippen molar-refractivity contribution in [3.63, 3.8) is 0 Å². The number of alkyl halides is 1. The number of methoxy groups -OCH3 is 1. The Kier molecular flexibility index (Phi) is 2.33. The Labute approximate surface area is 87.1 Å². The van der Waals surface area contributed by atoms with Gasteiger partial charge >= 0.3 is 0 Å². The fourth-order valence-electron chi connectivity index (χ4n) is 1.32. The lowest BCUT2D eigenvalue weighted by molar-refractivity contribution is 0.415. The number of nitrogens with zero attached hydrogens (tertiary/aromatic N) is 1. The lowest BCUT2D eigenvalue weighted by Crippen LogP contribution is -1.85. The Hall–Kier alpha value is -1.22. The summed E-state index contributed by atoms with van der Waals surface area (Å²) in [5, 5.41) is -0.103. The third kappa shape index (κ3) is 1.55. The molecule has 2 rings (SSSR count). The zero-order valence-corrected chi connectivity index (χ0v) is 8.80. The largest absolute Gasteiger partial charge is 0.497 e. The lowest BCUT2D eigenvalue weighted by atomic mass is 10.3. The normalized spacial score (nSPS) is 13.1. The number of rotatable bonds is 2. The van der Waals surface area contributed by atoms with Gasteiger partial charge in [-0.15, -0.1) is 11.6 Å². The number of H-pyrrole nitrogens is 1. The van der Waals surface area contributed by atoms with Crippen molar-refractivity contribution in [2.45, 2.75) is 12.3 Å². The van der Waals surface area contributed by atoms with Crippen LogP contribution in [0.5, 0.6) is 5.75 Å². The van der Waals surface area contributed by atoms with Gasteiger partial charge in [0.05, 0.1) is 23.5 Å². The molecule has 0 fully saturated rings. The van der Waals surface area contributed by atoms with Crippen LogP contribution in [-0.2, 0) is 0 Å². The van der Waals surface area contributed by atoms with Crippen LogP contribution in [0.25, 0.3) is 11.0 Å². The van der Waals surface area contributed by atoms with Gasteiger partial charge in [-0.05, 0) is 19.1 Å². The smallest absolute Gasteiger partial charge is 0.125 e. The van der Waals surface area contributed by atoms with Crippen LogP contribution in [0.3, 0.4) is 0 Å². The van der Waals surface area contributed by atoms with Gasteiger partial charge in [0.15, 0.2) is 0 Å². The number of nitrogens with one attached hydrogen (secondary N) is 1. The van der Waals surface area contributed by atoms with E-state index in [1.54, 1.807) is 7.11 Å². The van der Waals surface area contributed by atoms with Crippen molar-refractivity contribution in [3.8, 4) is 5.75 Å². The van der Waals surface area contributed by atoms with Gasteiger partial charge in [0.25, 0.3) is 0 Å². The van der Waals surface area contributed by atoms with Crippen molar-refractivity contribution < 1.29 is 4.74 Å². The van der Waals surface area contributed by atoms with Crippen LogP contribution in [0.4, 0.5) is 0 Å². The minimum absolute atomic E-state index is 0.103. The maximum absolute atomic E-state index is 5.92. The van der Waals surface area contributed by atoms with Crippen molar-refractivity contribution in [2.24, 2.45) is 0 Å². The van der Waals surface area contributed by atoms with Crippen molar-refractivity contribution in [2.75, 3.05) is 7.11 Å². The fraction of sp³-hybridized carbons (Fsp3) is 0.300. The number of benzene rings is 1. The summed E-state index contributed by atoms with van der Waals surface area (Å²) >= 11 is 5.92. The molecule has 1 N–H and O–H groups in total. The Morgan fingerprint density at radius 3 is 2.93 bits per heavy atom. The van der Waals surface area contributed by atoms with Crippen molar-refractivity contribution in [1.82, 2.24) is 9.97 Å². The Balaban J connectivity index is 2.54. The van der Waals surface area contributed by atoms with Gasteiger partial charge in [-0.2, -0.15) is 0 Å². The molecule has 3 nitrogen and oxygen atoms in total. The highest BCUT2D eigenvalue weighted by Crippen LogP contribution is 2.23. The molecule has 2 aromatic rings. The molecule has 0 aliphatic heterocycles. The first-order chi connectivity index (χ1) is 6.70. The second kappa shape index (κ2) is 3.50. The highest BCUT2D eigenvalue weighted by Gasteiger charge is 2.07. The van der Waals surface area contributed by atoms with E-state index in [-0.39, 0.29) is 5.38 Å². The van der Waals surface area contributed by atoms with E-state index >= 15 is 0 Å². The number of ether oxygens (including phenoxy) is 1. The third-order valence-electron chi connectivity index (χ3n) is 2.08. The first kappa shape index (κ1) is 9.34. The molecule has 0 aliphatic rings. The molecule has 1 atom stereocenters. The summed E-state index contributed by atoms with van der Waals surface area (Å²) in [4.78, 5) is 7.49. The molecule has 4 heteroatoms. The van der Waals surface area contributed by atoms with E-state index in [0.717, 1.165) is 22.6 Å². The van der Waals surface area contributed by atoms with Crippen molar-refractivity contribution in [3.05, 3.63) is 24.0 Å². The van der Waals surface area contributed by atoms with Gasteiger partial charge in [0, 0.05) is 6.07 Å². The number of aromatic nitrogens is 2. The minimum Gasteiger partial charge on any atom is -0.497 e. The third-order valence-corrected chi connectivity index (χ3v) is 2.29. The molecule has 0 bridgehead atoms. The standard InChI is InChI=1S/C10H11ClN2O/c1-6(11)10-12-8-4-3-7(14-2)5-9(8)13-10/h3-6H,1-2H3,(H,12,13). The second-order valence-electron chi connectivity index (χ2n) is 3.12. The van der Waals surface area contributed by atoms with E-state index in [2.05, 4.69) is 9.97 Å². The molecule has 1 aromatic heterocycles. The summed E-state index contributed by atoms with van der Waals surface area (Å²) in [7, 11) is 1.64. The molecule has 74 valence electrons. The van der Waals surface area contributed by atoms with E-state index < -0.39 is 0 Å². The highest BCUT2D eigenvalue weighted by atomic mass is 35.5. The number of hydrogen-bond donors (Lipinski definition) is 1. The molecule has 0 saturated heterocycles. The SMILES string of the molecule is COc1ccc2nc(C(C)Cl)[nH]c2c1. The van der Waals surface area contributed by atoms with Crippen molar-refractivity contribution in [1.29, 1.82) is 0 Å². The second-order valence-corrected chi connectivity index (χ2v) is 3.78. The number of aromatic amines is 1. The van der Waals surface area contributed by atoms with E-state index in [4.69, 9.17) is 16.3 Å². The zero-order chi connectivity index (χ0) is 10.1. The van der Waals surface area contributed by atoms with Crippen molar-refractivity contribution >= 4 is 22.6 Å². The predicted octanol–water partition coefficient (Wildman–Crippen LogP) is 2.87. The zero-order valence-electron chi connectivity index (χ0n) is 8.04. The topological polar surface area (TPSA) is 37.9 Å². The number of halogens is 1. The van der Waals surface area contributed by atoms with Crippen LogP contribution in [-0.4, -0.2) is 17.1 Å². The molecule has 0 radical (unpaired) electrons. The van der Waals surface area contributed by atoms with Crippen LogP contribution in [0.2, 0.25) is 0 Å². The summed E-state index contributed by atoms with van der Waals surface area (Å²) in [6.45, 7) is 1.89. The average molecular weight is 211 g/mol. The molecule has 0 amide bonds.